The van der Waals surface area contributed by atoms with Gasteiger partial charge in [-0.05, 0) is 41.5 Å². The zero-order chi connectivity index (χ0) is 18.2. The van der Waals surface area contributed by atoms with Gasteiger partial charge in [0.25, 0.3) is 0 Å². The Kier molecular flexibility index (Phi) is 6.58. The highest BCUT2D eigenvalue weighted by Gasteiger charge is 2.15. The lowest BCUT2D eigenvalue weighted by atomic mass is 10.1. The van der Waals surface area contributed by atoms with Gasteiger partial charge in [0.05, 0.1) is 12.6 Å². The largest absolute Gasteiger partial charge is 0.355 e. The van der Waals surface area contributed by atoms with Crippen LogP contribution in [0.15, 0.2) is 72.1 Å². The molecule has 0 fully saturated rings. The Hall–Kier alpha value is -2.43. The summed E-state index contributed by atoms with van der Waals surface area (Å²) in [5, 5.41) is 8.47. The van der Waals surface area contributed by atoms with Gasteiger partial charge in [-0.15, -0.1) is 11.3 Å². The highest BCUT2D eigenvalue weighted by Crippen LogP contribution is 2.25. The summed E-state index contributed by atoms with van der Waals surface area (Å²) in [5.74, 6) is 0.0241. The highest BCUT2D eigenvalue weighted by atomic mass is 32.1. The van der Waals surface area contributed by atoms with Crippen LogP contribution < -0.4 is 10.6 Å². The number of thiophene rings is 1. The maximum absolute atomic E-state index is 12.3. The van der Waals surface area contributed by atoms with E-state index < -0.39 is 0 Å². The summed E-state index contributed by atoms with van der Waals surface area (Å²) in [6, 6.07) is 22.7. The Morgan fingerprint density at radius 3 is 2.50 bits per heavy atom. The molecule has 2 N–H and O–H groups in total. The Bertz CT molecular complexity index is 815. The van der Waals surface area contributed by atoms with Crippen molar-refractivity contribution in [1.29, 1.82) is 0 Å². The molecule has 0 saturated heterocycles. The Morgan fingerprint density at radius 2 is 1.77 bits per heavy atom. The molecule has 0 aliphatic heterocycles. The standard InChI is InChI=1S/C22H24N2OS/c1-17-8-5-6-9-18(17)13-14-23-21(25)16-24-22(20-12-7-15-26-20)19-10-3-2-4-11-19/h2-12,15,22,24H,13-14,16H2,1H3,(H,23,25)/t22-/m1/s1. The zero-order valence-corrected chi connectivity index (χ0v) is 15.8. The van der Waals surface area contributed by atoms with Gasteiger partial charge >= 0.3 is 0 Å². The first-order valence-electron chi connectivity index (χ1n) is 8.87. The molecule has 1 atom stereocenters. The van der Waals surface area contributed by atoms with Gasteiger partial charge in [-0.25, -0.2) is 0 Å². The number of benzene rings is 2. The van der Waals surface area contributed by atoms with E-state index in [9.17, 15) is 4.79 Å². The third-order valence-electron chi connectivity index (χ3n) is 4.41. The molecule has 26 heavy (non-hydrogen) atoms. The SMILES string of the molecule is Cc1ccccc1CCNC(=O)CN[C@H](c1ccccc1)c1cccs1. The number of amides is 1. The summed E-state index contributed by atoms with van der Waals surface area (Å²) in [4.78, 5) is 13.5. The van der Waals surface area contributed by atoms with Crippen LogP contribution in [-0.4, -0.2) is 19.0 Å². The summed E-state index contributed by atoms with van der Waals surface area (Å²) >= 11 is 1.70. The quantitative estimate of drug-likeness (QED) is 0.632. The fraction of sp³-hybridized carbons (Fsp3) is 0.227. The van der Waals surface area contributed by atoms with Gasteiger partial charge in [-0.3, -0.25) is 10.1 Å². The third kappa shape index (κ3) is 5.04. The lowest BCUT2D eigenvalue weighted by Gasteiger charge is -2.18. The van der Waals surface area contributed by atoms with E-state index in [1.807, 2.05) is 36.4 Å². The first-order valence-corrected chi connectivity index (χ1v) is 9.75. The minimum Gasteiger partial charge on any atom is -0.355 e. The number of aryl methyl sites for hydroxylation is 1. The summed E-state index contributed by atoms with van der Waals surface area (Å²) < 4.78 is 0. The molecule has 0 spiro atoms. The average molecular weight is 365 g/mol. The highest BCUT2D eigenvalue weighted by molar-refractivity contribution is 7.10. The Morgan fingerprint density at radius 1 is 1.00 bits per heavy atom. The van der Waals surface area contributed by atoms with Gasteiger partial charge < -0.3 is 5.32 Å². The van der Waals surface area contributed by atoms with Gasteiger partial charge in [0.2, 0.25) is 5.91 Å². The van der Waals surface area contributed by atoms with Gasteiger partial charge in [0.15, 0.2) is 0 Å². The van der Waals surface area contributed by atoms with Gasteiger partial charge in [-0.1, -0.05) is 60.7 Å². The van der Waals surface area contributed by atoms with Crippen LogP contribution in [0, 0.1) is 6.92 Å². The van der Waals surface area contributed by atoms with Crippen molar-refractivity contribution < 1.29 is 4.79 Å². The van der Waals surface area contributed by atoms with Crippen molar-refractivity contribution >= 4 is 17.2 Å². The van der Waals surface area contributed by atoms with Crippen molar-refractivity contribution in [2.45, 2.75) is 19.4 Å². The molecule has 0 saturated carbocycles. The number of carbonyl (C=O) groups is 1. The molecule has 3 aromatic rings. The topological polar surface area (TPSA) is 41.1 Å². The van der Waals surface area contributed by atoms with E-state index in [1.54, 1.807) is 11.3 Å². The van der Waals surface area contributed by atoms with Gasteiger partial charge in [0, 0.05) is 11.4 Å². The number of carbonyl (C=O) groups excluding carboxylic acids is 1. The maximum atomic E-state index is 12.3. The molecule has 0 radical (unpaired) electrons. The van der Waals surface area contributed by atoms with Crippen molar-refractivity contribution in [2.75, 3.05) is 13.1 Å². The van der Waals surface area contributed by atoms with E-state index in [4.69, 9.17) is 0 Å². The fourth-order valence-corrected chi connectivity index (χ4v) is 3.80. The van der Waals surface area contributed by atoms with E-state index in [1.165, 1.54) is 21.6 Å². The first-order chi connectivity index (χ1) is 12.7. The molecular weight excluding hydrogens is 340 g/mol. The van der Waals surface area contributed by atoms with Gasteiger partial charge in [0.1, 0.15) is 0 Å². The van der Waals surface area contributed by atoms with Crippen LogP contribution in [-0.2, 0) is 11.2 Å². The third-order valence-corrected chi connectivity index (χ3v) is 5.34. The van der Waals surface area contributed by atoms with Crippen LogP contribution in [0.4, 0.5) is 0 Å². The van der Waals surface area contributed by atoms with Crippen molar-refractivity contribution in [1.82, 2.24) is 10.6 Å². The molecule has 1 amide bonds. The predicted octanol–water partition coefficient (Wildman–Crippen LogP) is 4.09. The molecule has 3 nitrogen and oxygen atoms in total. The summed E-state index contributed by atoms with van der Waals surface area (Å²) in [6.07, 6.45) is 0.853. The number of hydrogen-bond acceptors (Lipinski definition) is 3. The number of rotatable bonds is 8. The summed E-state index contributed by atoms with van der Waals surface area (Å²) in [5.41, 5.74) is 3.71. The van der Waals surface area contributed by atoms with E-state index >= 15 is 0 Å². The molecule has 2 aromatic carbocycles. The molecule has 0 unspecified atom stereocenters. The number of hydrogen-bond donors (Lipinski definition) is 2. The summed E-state index contributed by atoms with van der Waals surface area (Å²) in [6.45, 7) is 3.05. The second kappa shape index (κ2) is 9.32. The fourth-order valence-electron chi connectivity index (χ4n) is 2.97. The molecule has 0 aliphatic carbocycles. The molecule has 0 bridgehead atoms. The lowest BCUT2D eigenvalue weighted by Crippen LogP contribution is -2.36. The minimum absolute atomic E-state index is 0.0241. The van der Waals surface area contributed by atoms with E-state index in [-0.39, 0.29) is 11.9 Å². The summed E-state index contributed by atoms with van der Waals surface area (Å²) in [7, 11) is 0. The normalized spacial score (nSPS) is 11.9. The molecule has 134 valence electrons. The second-order valence-corrected chi connectivity index (χ2v) is 7.25. The second-order valence-electron chi connectivity index (χ2n) is 6.27. The van der Waals surface area contributed by atoms with Crippen LogP contribution in [0.1, 0.15) is 27.6 Å². The minimum atomic E-state index is 0.0241. The molecule has 3 rings (SSSR count). The van der Waals surface area contributed by atoms with E-state index in [2.05, 4.69) is 53.3 Å². The van der Waals surface area contributed by atoms with Crippen LogP contribution in [0.5, 0.6) is 0 Å². The van der Waals surface area contributed by atoms with Crippen molar-refractivity contribution in [2.24, 2.45) is 0 Å². The van der Waals surface area contributed by atoms with E-state index in [0.29, 0.717) is 13.1 Å². The van der Waals surface area contributed by atoms with Crippen molar-refractivity contribution in [3.05, 3.63) is 93.7 Å². The predicted molar refractivity (Wildman–Crippen MR) is 108 cm³/mol. The maximum Gasteiger partial charge on any atom is 0.233 e. The first kappa shape index (κ1) is 18.4. The monoisotopic (exact) mass is 364 g/mol. The molecule has 0 aliphatic rings. The Balaban J connectivity index is 1.52. The van der Waals surface area contributed by atoms with Crippen molar-refractivity contribution in [3.63, 3.8) is 0 Å². The van der Waals surface area contributed by atoms with Crippen LogP contribution >= 0.6 is 11.3 Å². The smallest absolute Gasteiger partial charge is 0.233 e. The molecule has 4 heteroatoms. The molecular formula is C22H24N2OS. The van der Waals surface area contributed by atoms with Crippen LogP contribution in [0.25, 0.3) is 0 Å². The molecule has 1 aromatic heterocycles. The van der Waals surface area contributed by atoms with Crippen LogP contribution in [0.3, 0.4) is 0 Å². The van der Waals surface area contributed by atoms with Crippen molar-refractivity contribution in [3.8, 4) is 0 Å². The Labute approximate surface area is 159 Å². The lowest BCUT2D eigenvalue weighted by molar-refractivity contribution is -0.120. The number of nitrogens with one attached hydrogen (secondary N) is 2. The zero-order valence-electron chi connectivity index (χ0n) is 14.9. The van der Waals surface area contributed by atoms with Crippen LogP contribution in [0.2, 0.25) is 0 Å². The van der Waals surface area contributed by atoms with Gasteiger partial charge in [-0.2, -0.15) is 0 Å². The average Bonchev–Trinajstić information content (AvgIpc) is 3.19. The van der Waals surface area contributed by atoms with E-state index in [0.717, 1.165) is 6.42 Å². The molecule has 1 heterocycles.